The number of urea groups is 2. The van der Waals surface area contributed by atoms with E-state index in [4.69, 9.17) is 46.4 Å². The lowest BCUT2D eigenvalue weighted by Crippen LogP contribution is -2.43. The molecule has 0 bridgehead atoms. The molecule has 4 amide bonds. The molecule has 0 fully saturated rings. The van der Waals surface area contributed by atoms with Crippen LogP contribution in [0.1, 0.15) is 0 Å². The second-order valence-electron chi connectivity index (χ2n) is 5.78. The van der Waals surface area contributed by atoms with Gasteiger partial charge in [0.15, 0.2) is 0 Å². The van der Waals surface area contributed by atoms with Gasteiger partial charge in [-0.05, 0) is 36.4 Å². The van der Waals surface area contributed by atoms with E-state index in [-0.39, 0.29) is 26.2 Å². The van der Waals surface area contributed by atoms with Crippen LogP contribution in [-0.4, -0.2) is 48.3 Å². The zero-order valence-electron chi connectivity index (χ0n) is 15.0. The van der Waals surface area contributed by atoms with Gasteiger partial charge in [0.25, 0.3) is 0 Å². The summed E-state index contributed by atoms with van der Waals surface area (Å²) < 4.78 is 0. The Balaban J connectivity index is 1.85. The summed E-state index contributed by atoms with van der Waals surface area (Å²) in [5, 5.41) is 18.5. The van der Waals surface area contributed by atoms with Crippen LogP contribution >= 0.6 is 46.4 Å². The fraction of sp³-hybridized carbons (Fsp3) is 0.222. The molecule has 4 N–H and O–H groups in total. The van der Waals surface area contributed by atoms with Crippen LogP contribution in [0.3, 0.4) is 0 Å². The van der Waals surface area contributed by atoms with Crippen LogP contribution in [0.2, 0.25) is 20.1 Å². The number of anilines is 2. The van der Waals surface area contributed by atoms with Crippen molar-refractivity contribution in [1.82, 2.24) is 10.2 Å². The van der Waals surface area contributed by atoms with Gasteiger partial charge in [-0.3, -0.25) is 0 Å². The third-order valence-electron chi connectivity index (χ3n) is 3.67. The number of aliphatic hydroxyl groups is 1. The summed E-state index contributed by atoms with van der Waals surface area (Å²) in [6, 6.07) is 8.44. The lowest BCUT2D eigenvalue weighted by molar-refractivity contribution is 0.188. The van der Waals surface area contributed by atoms with E-state index in [1.165, 1.54) is 17.0 Å². The monoisotopic (exact) mass is 478 g/mol. The van der Waals surface area contributed by atoms with E-state index in [0.717, 1.165) is 0 Å². The van der Waals surface area contributed by atoms with Crippen molar-refractivity contribution in [3.05, 3.63) is 56.5 Å². The molecule has 0 heterocycles. The summed E-state index contributed by atoms with van der Waals surface area (Å²) >= 11 is 23.5. The highest BCUT2D eigenvalue weighted by molar-refractivity contribution is 6.42. The molecule has 2 rings (SSSR count). The molecule has 29 heavy (non-hydrogen) atoms. The summed E-state index contributed by atoms with van der Waals surface area (Å²) in [6.45, 7) is 0.179. The molecule has 0 aliphatic heterocycles. The molecule has 0 radical (unpaired) electrons. The quantitative estimate of drug-likeness (QED) is 0.452. The molecule has 0 spiro atoms. The third-order valence-corrected chi connectivity index (χ3v) is 5.15. The number of amides is 4. The minimum absolute atomic E-state index is 0.0866. The minimum Gasteiger partial charge on any atom is -0.395 e. The first-order valence-electron chi connectivity index (χ1n) is 8.42. The summed E-state index contributed by atoms with van der Waals surface area (Å²) in [4.78, 5) is 25.7. The van der Waals surface area contributed by atoms with Gasteiger partial charge in [-0.15, -0.1) is 0 Å². The van der Waals surface area contributed by atoms with E-state index >= 15 is 0 Å². The Morgan fingerprint density at radius 2 is 1.38 bits per heavy atom. The van der Waals surface area contributed by atoms with Crippen LogP contribution in [-0.2, 0) is 0 Å². The van der Waals surface area contributed by atoms with Gasteiger partial charge in [0.2, 0.25) is 0 Å². The van der Waals surface area contributed by atoms with Crippen molar-refractivity contribution < 1.29 is 14.7 Å². The predicted octanol–water partition coefficient (Wildman–Crippen LogP) is 4.95. The average molecular weight is 480 g/mol. The first-order chi connectivity index (χ1) is 13.8. The molecule has 0 aliphatic carbocycles. The lowest BCUT2D eigenvalue weighted by atomic mass is 10.3. The summed E-state index contributed by atoms with van der Waals surface area (Å²) in [6.07, 6.45) is 0. The number of halogens is 4. The van der Waals surface area contributed by atoms with Crippen LogP contribution < -0.4 is 16.0 Å². The number of nitrogens with zero attached hydrogens (tertiary/aromatic N) is 1. The van der Waals surface area contributed by atoms with Crippen molar-refractivity contribution in [3.63, 3.8) is 0 Å². The number of aliphatic hydroxyl groups excluding tert-OH is 1. The largest absolute Gasteiger partial charge is 0.395 e. The van der Waals surface area contributed by atoms with Gasteiger partial charge in [0, 0.05) is 31.0 Å². The smallest absolute Gasteiger partial charge is 0.321 e. The van der Waals surface area contributed by atoms with Gasteiger partial charge in [-0.25, -0.2) is 9.59 Å². The van der Waals surface area contributed by atoms with E-state index < -0.39 is 12.1 Å². The SMILES string of the molecule is O=C(NCCN(CCO)C(=O)Nc1ccc(Cl)c(Cl)c1)Nc1ccc(Cl)c(Cl)c1. The van der Waals surface area contributed by atoms with Gasteiger partial charge in [-0.2, -0.15) is 0 Å². The predicted molar refractivity (Wildman–Crippen MR) is 118 cm³/mol. The fourth-order valence-corrected chi connectivity index (χ4v) is 2.86. The molecule has 156 valence electrons. The number of hydrogen-bond donors (Lipinski definition) is 4. The number of benzene rings is 2. The van der Waals surface area contributed by atoms with Crippen molar-refractivity contribution in [1.29, 1.82) is 0 Å². The summed E-state index contributed by atoms with van der Waals surface area (Å²) in [7, 11) is 0. The highest BCUT2D eigenvalue weighted by atomic mass is 35.5. The molecular formula is C18H18Cl4N4O3. The topological polar surface area (TPSA) is 93.7 Å². The maximum Gasteiger partial charge on any atom is 0.321 e. The van der Waals surface area contributed by atoms with E-state index in [1.54, 1.807) is 24.3 Å². The number of rotatable bonds is 7. The van der Waals surface area contributed by atoms with Gasteiger partial charge in [0.05, 0.1) is 26.7 Å². The second-order valence-corrected chi connectivity index (χ2v) is 7.41. The van der Waals surface area contributed by atoms with E-state index in [1.807, 2.05) is 0 Å². The van der Waals surface area contributed by atoms with Crippen LogP contribution in [0.4, 0.5) is 21.0 Å². The highest BCUT2D eigenvalue weighted by Crippen LogP contribution is 2.25. The van der Waals surface area contributed by atoms with Crippen LogP contribution in [0, 0.1) is 0 Å². The number of nitrogens with one attached hydrogen (secondary N) is 3. The van der Waals surface area contributed by atoms with Gasteiger partial charge >= 0.3 is 12.1 Å². The Kier molecular flexibility index (Phi) is 9.13. The Morgan fingerprint density at radius 1 is 0.828 bits per heavy atom. The Hall–Kier alpha value is -1.90. The molecule has 0 atom stereocenters. The van der Waals surface area contributed by atoms with Crippen molar-refractivity contribution in [3.8, 4) is 0 Å². The van der Waals surface area contributed by atoms with E-state index in [9.17, 15) is 14.7 Å². The molecule has 0 aromatic heterocycles. The van der Waals surface area contributed by atoms with E-state index in [0.29, 0.717) is 31.5 Å². The Bertz CT molecular complexity index is 882. The normalized spacial score (nSPS) is 10.4. The number of carbonyl (C=O) groups is 2. The molecule has 2 aromatic carbocycles. The standard InChI is InChI=1S/C18H18Cl4N4O3/c19-13-3-1-11(9-15(13)21)24-17(28)23-5-6-26(7-8-27)18(29)25-12-2-4-14(20)16(22)10-12/h1-4,9-10,27H,5-8H2,(H,25,29)(H2,23,24,28). The maximum absolute atomic E-state index is 12.4. The van der Waals surface area contributed by atoms with Crippen molar-refractivity contribution in [2.45, 2.75) is 0 Å². The summed E-state index contributed by atoms with van der Waals surface area (Å²) in [5.41, 5.74) is 0.930. The van der Waals surface area contributed by atoms with E-state index in [2.05, 4.69) is 16.0 Å². The highest BCUT2D eigenvalue weighted by Gasteiger charge is 2.14. The molecule has 11 heteroatoms. The molecular weight excluding hydrogens is 462 g/mol. The Morgan fingerprint density at radius 3 is 1.90 bits per heavy atom. The van der Waals surface area contributed by atoms with Crippen LogP contribution in [0.25, 0.3) is 0 Å². The number of hydrogen-bond acceptors (Lipinski definition) is 3. The van der Waals surface area contributed by atoms with Gasteiger partial charge in [-0.1, -0.05) is 46.4 Å². The second kappa shape index (κ2) is 11.3. The number of carbonyl (C=O) groups excluding carboxylic acids is 2. The maximum atomic E-state index is 12.4. The minimum atomic E-state index is -0.475. The zero-order valence-corrected chi connectivity index (χ0v) is 18.0. The fourth-order valence-electron chi connectivity index (χ4n) is 2.27. The van der Waals surface area contributed by atoms with Crippen molar-refractivity contribution in [2.24, 2.45) is 0 Å². The van der Waals surface area contributed by atoms with Crippen LogP contribution in [0.5, 0.6) is 0 Å². The summed E-state index contributed by atoms with van der Waals surface area (Å²) in [5.74, 6) is 0. The molecule has 0 saturated heterocycles. The Labute approximate surface area is 187 Å². The van der Waals surface area contributed by atoms with Crippen molar-refractivity contribution in [2.75, 3.05) is 36.9 Å². The van der Waals surface area contributed by atoms with Gasteiger partial charge < -0.3 is 26.0 Å². The first-order valence-corrected chi connectivity index (χ1v) is 9.93. The zero-order chi connectivity index (χ0) is 21.4. The van der Waals surface area contributed by atoms with Gasteiger partial charge in [0.1, 0.15) is 0 Å². The first kappa shape index (κ1) is 23.4. The van der Waals surface area contributed by atoms with Crippen LogP contribution in [0.15, 0.2) is 36.4 Å². The van der Waals surface area contributed by atoms with Crippen molar-refractivity contribution >= 4 is 69.8 Å². The molecule has 0 saturated carbocycles. The molecule has 7 nitrogen and oxygen atoms in total. The lowest BCUT2D eigenvalue weighted by Gasteiger charge is -2.22. The average Bonchev–Trinajstić information content (AvgIpc) is 2.67. The molecule has 0 unspecified atom stereocenters. The molecule has 2 aromatic rings. The third kappa shape index (κ3) is 7.45. The molecule has 0 aliphatic rings.